The molecular formula is C22H14F5N3O3. The largest absolute Gasteiger partial charge is 0.458 e. The molecule has 0 fully saturated rings. The number of anilines is 3. The monoisotopic (exact) mass is 463 g/mol. The number of hydrogen-bond donors (Lipinski definition) is 2. The molecule has 0 bridgehead atoms. The van der Waals surface area contributed by atoms with Crippen molar-refractivity contribution in [2.24, 2.45) is 0 Å². The molecule has 3 aromatic rings. The van der Waals surface area contributed by atoms with Crippen LogP contribution >= 0.6 is 0 Å². The van der Waals surface area contributed by atoms with Gasteiger partial charge in [-0.25, -0.2) is 9.78 Å². The third kappa shape index (κ3) is 4.34. The summed E-state index contributed by atoms with van der Waals surface area (Å²) in [5.41, 5.74) is 0.426. The van der Waals surface area contributed by atoms with E-state index >= 15 is 0 Å². The number of aromatic nitrogens is 1. The second kappa shape index (κ2) is 8.15. The van der Waals surface area contributed by atoms with E-state index in [0.717, 1.165) is 17.7 Å². The van der Waals surface area contributed by atoms with Gasteiger partial charge in [0.25, 0.3) is 5.91 Å². The molecule has 6 nitrogen and oxygen atoms in total. The number of alkyl halides is 5. The van der Waals surface area contributed by atoms with E-state index in [4.69, 9.17) is 4.74 Å². The molecule has 0 saturated carbocycles. The smallest absolute Gasteiger partial charge is 0.457 e. The second-order valence-corrected chi connectivity index (χ2v) is 7.08. The number of cyclic esters (lactones) is 1. The van der Waals surface area contributed by atoms with Crippen LogP contribution in [0.2, 0.25) is 0 Å². The van der Waals surface area contributed by atoms with E-state index in [0.29, 0.717) is 23.4 Å². The fourth-order valence-corrected chi connectivity index (χ4v) is 3.14. The van der Waals surface area contributed by atoms with E-state index in [9.17, 15) is 31.5 Å². The summed E-state index contributed by atoms with van der Waals surface area (Å²) in [5.74, 6) is -6.02. The topological polar surface area (TPSA) is 80.3 Å². The van der Waals surface area contributed by atoms with Crippen molar-refractivity contribution in [1.29, 1.82) is 0 Å². The molecule has 2 aromatic carbocycles. The number of amides is 1. The Morgan fingerprint density at radius 1 is 0.970 bits per heavy atom. The highest BCUT2D eigenvalue weighted by Crippen LogP contribution is 2.44. The number of ether oxygens (including phenoxy) is 1. The van der Waals surface area contributed by atoms with Crippen molar-refractivity contribution >= 4 is 29.1 Å². The summed E-state index contributed by atoms with van der Waals surface area (Å²) in [5, 5.41) is 5.36. The van der Waals surface area contributed by atoms with E-state index in [2.05, 4.69) is 15.6 Å². The van der Waals surface area contributed by atoms with Gasteiger partial charge in [-0.3, -0.25) is 4.79 Å². The molecule has 33 heavy (non-hydrogen) atoms. The number of hydrogen-bond acceptors (Lipinski definition) is 5. The predicted molar refractivity (Wildman–Crippen MR) is 107 cm³/mol. The summed E-state index contributed by atoms with van der Waals surface area (Å²) >= 11 is 0. The minimum absolute atomic E-state index is 0.0109. The molecule has 1 aliphatic heterocycles. The Morgan fingerprint density at radius 2 is 1.67 bits per heavy atom. The zero-order valence-electron chi connectivity index (χ0n) is 16.5. The third-order valence-electron chi connectivity index (χ3n) is 4.86. The van der Waals surface area contributed by atoms with Crippen LogP contribution in [0.15, 0.2) is 60.8 Å². The van der Waals surface area contributed by atoms with Crippen molar-refractivity contribution in [2.75, 3.05) is 10.6 Å². The van der Waals surface area contributed by atoms with E-state index < -0.39 is 29.5 Å². The van der Waals surface area contributed by atoms with Crippen LogP contribution < -0.4 is 10.6 Å². The first-order valence-corrected chi connectivity index (χ1v) is 9.45. The summed E-state index contributed by atoms with van der Waals surface area (Å²) in [7, 11) is 0. The van der Waals surface area contributed by atoms with Gasteiger partial charge in [-0.1, -0.05) is 18.2 Å². The molecule has 1 amide bonds. The van der Waals surface area contributed by atoms with Crippen molar-refractivity contribution in [3.8, 4) is 0 Å². The molecule has 2 N–H and O–H groups in total. The highest BCUT2D eigenvalue weighted by Gasteiger charge is 2.58. The molecular weight excluding hydrogens is 449 g/mol. The Kier molecular flexibility index (Phi) is 5.48. The Balaban J connectivity index is 1.52. The summed E-state index contributed by atoms with van der Waals surface area (Å²) in [4.78, 5) is 28.6. The van der Waals surface area contributed by atoms with Gasteiger partial charge in [-0.15, -0.1) is 0 Å². The normalized spacial score (nSPS) is 13.3. The third-order valence-corrected chi connectivity index (χ3v) is 4.86. The molecule has 1 aliphatic rings. The van der Waals surface area contributed by atoms with E-state index in [1.165, 1.54) is 18.3 Å². The first-order valence-electron chi connectivity index (χ1n) is 9.45. The number of benzene rings is 2. The van der Waals surface area contributed by atoms with Crippen LogP contribution in [0, 0.1) is 0 Å². The van der Waals surface area contributed by atoms with Crippen molar-refractivity contribution < 1.29 is 36.3 Å². The number of nitrogens with zero attached hydrogens (tertiary/aromatic N) is 1. The lowest BCUT2D eigenvalue weighted by atomic mass is 10.1. The average Bonchev–Trinajstić information content (AvgIpc) is 3.14. The summed E-state index contributed by atoms with van der Waals surface area (Å²) in [6.45, 7) is 0.180. The molecule has 1 aromatic heterocycles. The van der Waals surface area contributed by atoms with Crippen LogP contribution in [0.4, 0.5) is 39.1 Å². The highest BCUT2D eigenvalue weighted by molar-refractivity contribution is 6.07. The van der Waals surface area contributed by atoms with Crippen molar-refractivity contribution in [1.82, 2.24) is 4.98 Å². The Hall–Kier alpha value is -4.02. The maximum absolute atomic E-state index is 13.4. The van der Waals surface area contributed by atoms with E-state index in [-0.39, 0.29) is 23.7 Å². The molecule has 0 radical (unpaired) electrons. The first kappa shape index (κ1) is 22.2. The molecule has 0 spiro atoms. The van der Waals surface area contributed by atoms with E-state index in [1.54, 1.807) is 18.2 Å². The Labute approximate surface area is 183 Å². The van der Waals surface area contributed by atoms with Gasteiger partial charge in [0.1, 0.15) is 12.4 Å². The SMILES string of the molecule is O=C1OCc2ccc(Nc3ncccc3C(=O)Nc3ccc(C(F)(F)C(F)(F)F)cc3)cc21. The molecule has 11 heteroatoms. The molecule has 2 heterocycles. The first-order chi connectivity index (χ1) is 15.6. The lowest BCUT2D eigenvalue weighted by Crippen LogP contribution is -2.33. The fourth-order valence-electron chi connectivity index (χ4n) is 3.14. The molecule has 0 aliphatic carbocycles. The number of pyridine rings is 1. The van der Waals surface area contributed by atoms with Gasteiger partial charge in [0, 0.05) is 28.7 Å². The lowest BCUT2D eigenvalue weighted by molar-refractivity contribution is -0.289. The summed E-state index contributed by atoms with van der Waals surface area (Å²) in [6, 6.07) is 10.9. The number of rotatable bonds is 5. The molecule has 4 rings (SSSR count). The van der Waals surface area contributed by atoms with Gasteiger partial charge in [0.05, 0.1) is 11.1 Å². The molecule has 170 valence electrons. The van der Waals surface area contributed by atoms with Crippen LogP contribution in [-0.2, 0) is 17.3 Å². The molecule has 0 atom stereocenters. The minimum Gasteiger partial charge on any atom is -0.457 e. The lowest BCUT2D eigenvalue weighted by Gasteiger charge is -2.20. The van der Waals surface area contributed by atoms with Crippen LogP contribution in [-0.4, -0.2) is 23.0 Å². The van der Waals surface area contributed by atoms with Crippen LogP contribution in [0.3, 0.4) is 0 Å². The highest BCUT2D eigenvalue weighted by atomic mass is 19.4. The summed E-state index contributed by atoms with van der Waals surface area (Å²) in [6.07, 6.45) is -4.31. The number of esters is 1. The Morgan fingerprint density at radius 3 is 2.36 bits per heavy atom. The van der Waals surface area contributed by atoms with Crippen molar-refractivity contribution in [3.05, 3.63) is 83.0 Å². The van der Waals surface area contributed by atoms with E-state index in [1.807, 2.05) is 0 Å². The van der Waals surface area contributed by atoms with Gasteiger partial charge in [0.2, 0.25) is 0 Å². The number of nitrogens with one attached hydrogen (secondary N) is 2. The van der Waals surface area contributed by atoms with Gasteiger partial charge in [-0.2, -0.15) is 22.0 Å². The zero-order valence-corrected chi connectivity index (χ0v) is 16.5. The zero-order chi connectivity index (χ0) is 23.8. The van der Waals surface area contributed by atoms with Gasteiger partial charge < -0.3 is 15.4 Å². The number of fused-ring (bicyclic) bond motifs is 1. The second-order valence-electron chi connectivity index (χ2n) is 7.08. The number of halogens is 5. The number of carbonyl (C=O) groups excluding carboxylic acids is 2. The van der Waals surface area contributed by atoms with Crippen LogP contribution in [0.25, 0.3) is 0 Å². The standard InChI is InChI=1S/C22H14F5N3O3/c23-21(24,22(25,26)27)13-4-7-14(8-5-13)30-19(31)16-2-1-9-28-18(16)29-15-6-3-12-11-33-20(32)17(12)10-15/h1-10H,11H2,(H,28,29)(H,30,31). The average molecular weight is 463 g/mol. The predicted octanol–water partition coefficient (Wildman–Crippen LogP) is 5.40. The fraction of sp³-hybridized carbons (Fsp3) is 0.136. The van der Waals surface area contributed by atoms with Gasteiger partial charge >= 0.3 is 18.1 Å². The van der Waals surface area contributed by atoms with Gasteiger partial charge in [0.15, 0.2) is 0 Å². The number of carbonyl (C=O) groups is 2. The van der Waals surface area contributed by atoms with Gasteiger partial charge in [-0.05, 0) is 36.4 Å². The van der Waals surface area contributed by atoms with Crippen LogP contribution in [0.5, 0.6) is 0 Å². The quantitative estimate of drug-likeness (QED) is 0.391. The maximum atomic E-state index is 13.4. The minimum atomic E-state index is -5.73. The maximum Gasteiger partial charge on any atom is 0.458 e. The van der Waals surface area contributed by atoms with Crippen LogP contribution in [0.1, 0.15) is 31.8 Å². The van der Waals surface area contributed by atoms with Crippen molar-refractivity contribution in [3.63, 3.8) is 0 Å². The summed E-state index contributed by atoms with van der Waals surface area (Å²) < 4.78 is 69.3. The van der Waals surface area contributed by atoms with Crippen molar-refractivity contribution in [2.45, 2.75) is 18.7 Å². The molecule has 0 saturated heterocycles. The molecule has 0 unspecified atom stereocenters. The Bertz CT molecular complexity index is 1230.